The first-order valence-corrected chi connectivity index (χ1v) is 12.2. The Morgan fingerprint density at radius 1 is 0.943 bits per heavy atom. The van der Waals surface area contributed by atoms with Crippen LogP contribution in [-0.2, 0) is 24.2 Å². The molecule has 0 radical (unpaired) electrons. The normalized spacial score (nSPS) is 11.8. The smallest absolute Gasteiger partial charge is 0.224 e. The van der Waals surface area contributed by atoms with Crippen LogP contribution in [0.1, 0.15) is 23.1 Å². The predicted molar refractivity (Wildman–Crippen MR) is 136 cm³/mol. The molecule has 0 saturated carbocycles. The van der Waals surface area contributed by atoms with Crippen LogP contribution in [0.2, 0.25) is 15.1 Å². The summed E-state index contributed by atoms with van der Waals surface area (Å²) >= 11 is 18.0. The van der Waals surface area contributed by atoms with Gasteiger partial charge in [-0.05, 0) is 54.2 Å². The summed E-state index contributed by atoms with van der Waals surface area (Å²) in [5.41, 5.74) is 8.61. The Bertz CT molecular complexity index is 1160. The van der Waals surface area contributed by atoms with Gasteiger partial charge in [-0.1, -0.05) is 71.2 Å². The van der Waals surface area contributed by atoms with E-state index >= 15 is 0 Å². The Balaban J connectivity index is 1.47. The second-order valence-corrected chi connectivity index (χ2v) is 9.17. The van der Waals surface area contributed by atoms with Crippen LogP contribution in [-0.4, -0.2) is 19.1 Å². The summed E-state index contributed by atoms with van der Waals surface area (Å²) in [6, 6.07) is 15.0. The maximum absolute atomic E-state index is 13.8. The summed E-state index contributed by atoms with van der Waals surface area (Å²) in [7, 11) is 0. The van der Waals surface area contributed by atoms with E-state index in [1.807, 2.05) is 24.3 Å². The zero-order valence-electron chi connectivity index (χ0n) is 18.8. The van der Waals surface area contributed by atoms with E-state index in [0.29, 0.717) is 29.3 Å². The Labute approximate surface area is 218 Å². The minimum atomic E-state index is -0.726. The molecule has 0 aliphatic carbocycles. The first-order valence-electron chi connectivity index (χ1n) is 11.0. The summed E-state index contributed by atoms with van der Waals surface area (Å²) in [6.07, 6.45) is 1.76. The molecular weight excluding hydrogens is 517 g/mol. The van der Waals surface area contributed by atoms with Crippen molar-refractivity contribution in [3.05, 3.63) is 98.0 Å². The van der Waals surface area contributed by atoms with Gasteiger partial charge in [-0.3, -0.25) is 4.79 Å². The molecule has 4 nitrogen and oxygen atoms in total. The van der Waals surface area contributed by atoms with E-state index in [9.17, 15) is 13.6 Å². The van der Waals surface area contributed by atoms with Gasteiger partial charge in [0.05, 0.1) is 22.6 Å². The highest BCUT2D eigenvalue weighted by Crippen LogP contribution is 2.30. The lowest BCUT2D eigenvalue weighted by atomic mass is 9.97. The lowest BCUT2D eigenvalue weighted by molar-refractivity contribution is -0.124. The maximum atomic E-state index is 13.8. The molecule has 1 atom stereocenters. The molecule has 0 aliphatic rings. The van der Waals surface area contributed by atoms with Gasteiger partial charge >= 0.3 is 0 Å². The number of carbonyl (C=O) groups excluding carboxylic acids is 1. The van der Waals surface area contributed by atoms with Crippen molar-refractivity contribution in [2.24, 2.45) is 11.7 Å². The average molecular weight is 542 g/mol. The zero-order chi connectivity index (χ0) is 25.4. The molecule has 0 spiro atoms. The number of carbonyl (C=O) groups is 1. The van der Waals surface area contributed by atoms with Crippen LogP contribution in [0.5, 0.6) is 5.75 Å². The second kappa shape index (κ2) is 13.1. The van der Waals surface area contributed by atoms with Gasteiger partial charge in [-0.15, -0.1) is 0 Å². The van der Waals surface area contributed by atoms with Crippen LogP contribution >= 0.6 is 34.8 Å². The number of hydrogen-bond acceptors (Lipinski definition) is 3. The molecule has 3 N–H and O–H groups in total. The zero-order valence-corrected chi connectivity index (χ0v) is 21.1. The maximum Gasteiger partial charge on any atom is 0.224 e. The number of benzene rings is 3. The number of halogens is 5. The van der Waals surface area contributed by atoms with Crippen LogP contribution in [0.15, 0.2) is 54.6 Å². The molecule has 3 aromatic rings. The molecule has 1 amide bonds. The summed E-state index contributed by atoms with van der Waals surface area (Å²) in [4.78, 5) is 12.6. The van der Waals surface area contributed by atoms with Crippen molar-refractivity contribution in [3.8, 4) is 5.75 Å². The lowest BCUT2D eigenvalue weighted by Crippen LogP contribution is -2.36. The minimum Gasteiger partial charge on any atom is -0.489 e. The molecule has 1 unspecified atom stereocenters. The second-order valence-electron chi connectivity index (χ2n) is 8.01. The quantitative estimate of drug-likeness (QED) is 0.219. The van der Waals surface area contributed by atoms with Gasteiger partial charge in [0.2, 0.25) is 5.91 Å². The molecule has 35 heavy (non-hydrogen) atoms. The number of ether oxygens (including phenoxy) is 1. The van der Waals surface area contributed by atoms with Gasteiger partial charge in [0.1, 0.15) is 10.8 Å². The van der Waals surface area contributed by atoms with E-state index in [1.54, 1.807) is 18.2 Å². The number of nitrogens with two attached hydrogens (primary N) is 1. The molecule has 3 rings (SSSR count). The van der Waals surface area contributed by atoms with Crippen molar-refractivity contribution < 1.29 is 18.3 Å². The first-order chi connectivity index (χ1) is 16.8. The van der Waals surface area contributed by atoms with Crippen LogP contribution in [0.4, 0.5) is 8.78 Å². The van der Waals surface area contributed by atoms with Crippen molar-refractivity contribution in [1.29, 1.82) is 0 Å². The fraction of sp³-hybridized carbons (Fsp3) is 0.269. The monoisotopic (exact) mass is 540 g/mol. The van der Waals surface area contributed by atoms with Crippen LogP contribution in [0, 0.1) is 17.6 Å². The Morgan fingerprint density at radius 3 is 2.34 bits per heavy atom. The number of aryl methyl sites for hydroxylation is 1. The Morgan fingerprint density at radius 2 is 1.63 bits per heavy atom. The summed E-state index contributed by atoms with van der Waals surface area (Å²) in [6.45, 7) is 0.655. The van der Waals surface area contributed by atoms with Crippen LogP contribution in [0.25, 0.3) is 0 Å². The minimum absolute atomic E-state index is 0.159. The van der Waals surface area contributed by atoms with Gasteiger partial charge < -0.3 is 15.8 Å². The average Bonchev–Trinajstić information content (AvgIpc) is 2.86. The largest absolute Gasteiger partial charge is 0.489 e. The van der Waals surface area contributed by atoms with Crippen molar-refractivity contribution in [2.45, 2.75) is 25.8 Å². The van der Waals surface area contributed by atoms with E-state index in [2.05, 4.69) is 5.32 Å². The molecule has 3 aromatic carbocycles. The molecule has 0 aliphatic heterocycles. The van der Waals surface area contributed by atoms with Crippen LogP contribution < -0.4 is 15.8 Å². The molecule has 0 fully saturated rings. The van der Waals surface area contributed by atoms with Crippen molar-refractivity contribution in [2.75, 3.05) is 13.2 Å². The third-order valence-electron chi connectivity index (χ3n) is 5.50. The van der Waals surface area contributed by atoms with Gasteiger partial charge in [-0.25, -0.2) is 8.78 Å². The number of rotatable bonds is 11. The first kappa shape index (κ1) is 27.2. The lowest BCUT2D eigenvalue weighted by Gasteiger charge is -2.16. The molecule has 0 saturated heterocycles. The van der Waals surface area contributed by atoms with E-state index in [0.717, 1.165) is 28.8 Å². The summed E-state index contributed by atoms with van der Waals surface area (Å²) < 4.78 is 32.6. The third-order valence-corrected chi connectivity index (χ3v) is 6.71. The van der Waals surface area contributed by atoms with Gasteiger partial charge in [0.15, 0.2) is 11.6 Å². The predicted octanol–water partition coefficient (Wildman–Crippen LogP) is 6.37. The van der Waals surface area contributed by atoms with Gasteiger partial charge in [0.25, 0.3) is 0 Å². The third kappa shape index (κ3) is 7.55. The molecular formula is C26H25Cl3F2N2O2. The van der Waals surface area contributed by atoms with Crippen molar-refractivity contribution >= 4 is 40.7 Å². The van der Waals surface area contributed by atoms with Gasteiger partial charge in [-0.2, -0.15) is 0 Å². The molecule has 9 heteroatoms. The van der Waals surface area contributed by atoms with E-state index in [1.165, 1.54) is 0 Å². The van der Waals surface area contributed by atoms with E-state index in [-0.39, 0.29) is 36.4 Å². The fourth-order valence-corrected chi connectivity index (χ4v) is 4.11. The highest BCUT2D eigenvalue weighted by Gasteiger charge is 2.18. The Kier molecular flexibility index (Phi) is 10.2. The fourth-order valence-electron chi connectivity index (χ4n) is 3.51. The summed E-state index contributed by atoms with van der Waals surface area (Å²) in [5, 5.41) is 3.37. The number of hydrogen-bond donors (Lipinski definition) is 2. The number of nitrogens with one attached hydrogen (secondary N) is 1. The van der Waals surface area contributed by atoms with Crippen LogP contribution in [0.3, 0.4) is 0 Å². The summed E-state index contributed by atoms with van der Waals surface area (Å²) in [5.74, 6) is -2.25. The molecule has 0 aromatic heterocycles. The molecule has 0 bridgehead atoms. The highest BCUT2D eigenvalue weighted by atomic mass is 35.5. The van der Waals surface area contributed by atoms with E-state index in [4.69, 9.17) is 45.3 Å². The number of amides is 1. The molecule has 186 valence electrons. The topological polar surface area (TPSA) is 64.3 Å². The van der Waals surface area contributed by atoms with Crippen molar-refractivity contribution in [3.63, 3.8) is 0 Å². The van der Waals surface area contributed by atoms with Crippen molar-refractivity contribution in [1.82, 2.24) is 5.32 Å². The molecule has 0 heterocycles. The SMILES string of the molecule is NCC(Cc1ccc(CCCOc2c(F)ccc(F)c2Cl)cc1)C(=O)NCc1cccc(Cl)c1Cl. The Hall–Kier alpha value is -2.38. The van der Waals surface area contributed by atoms with Gasteiger partial charge in [0, 0.05) is 13.1 Å². The van der Waals surface area contributed by atoms with E-state index < -0.39 is 17.6 Å². The highest BCUT2D eigenvalue weighted by molar-refractivity contribution is 6.42. The standard InChI is InChI=1S/C26H25Cl3F2N2O2/c27-20-5-1-4-18(23(20)28)15-33-26(34)19(14-32)13-17-8-6-16(7-9-17)3-2-12-35-25-22(31)11-10-21(30)24(25)29/h1,4-11,19H,2-3,12-15,32H2,(H,33,34).